The van der Waals surface area contributed by atoms with Crippen LogP contribution in [-0.2, 0) is 4.79 Å². The monoisotopic (exact) mass is 496 g/mol. The van der Waals surface area contributed by atoms with E-state index in [0.717, 1.165) is 21.3 Å². The molecule has 1 aliphatic rings. The molecule has 6 nitrogen and oxygen atoms in total. The number of nitrogens with zero attached hydrogens (tertiary/aromatic N) is 1. The summed E-state index contributed by atoms with van der Waals surface area (Å²) in [5, 5.41) is 12.6. The smallest absolute Gasteiger partial charge is 0.336 e. The lowest BCUT2D eigenvalue weighted by Crippen LogP contribution is -2.19. The number of carbonyl (C=O) groups excluding carboxylic acids is 1. The van der Waals surface area contributed by atoms with Crippen LogP contribution < -0.4 is 5.32 Å². The van der Waals surface area contributed by atoms with Gasteiger partial charge in [-0.3, -0.25) is 4.79 Å². The van der Waals surface area contributed by atoms with Gasteiger partial charge in [-0.25, -0.2) is 9.79 Å². The summed E-state index contributed by atoms with van der Waals surface area (Å²) in [5.74, 6) is -0.428. The predicted octanol–water partition coefficient (Wildman–Crippen LogP) is 5.92. The first-order valence-electron chi connectivity index (χ1n) is 9.30. The van der Waals surface area contributed by atoms with Crippen molar-refractivity contribution >= 4 is 56.5 Å². The minimum atomic E-state index is -1.03. The van der Waals surface area contributed by atoms with Crippen molar-refractivity contribution < 1.29 is 19.1 Å². The number of aliphatic imine (C=N–C) groups is 1. The van der Waals surface area contributed by atoms with Gasteiger partial charge in [0, 0.05) is 16.1 Å². The Morgan fingerprint density at radius 2 is 1.87 bits per heavy atom. The standard InChI is InChI=1S/C23H17BrN2O4S/c1-12-9-14(10-13(2)20(12)24)25-23-26-21(27)19(31-23)11-15-7-8-18(30-15)16-5-3-4-6-17(16)22(28)29/h3-11H,1-2H3,(H,28,29)(H,25,26,27)/b19-11-. The Morgan fingerprint density at radius 3 is 2.58 bits per heavy atom. The molecule has 0 unspecified atom stereocenters. The van der Waals surface area contributed by atoms with E-state index in [1.165, 1.54) is 17.8 Å². The lowest BCUT2D eigenvalue weighted by molar-refractivity contribution is -0.115. The number of amides is 1. The van der Waals surface area contributed by atoms with Crippen LogP contribution in [-0.4, -0.2) is 22.2 Å². The molecule has 156 valence electrons. The number of aryl methyl sites for hydroxylation is 2. The number of thioether (sulfide) groups is 1. The van der Waals surface area contributed by atoms with Gasteiger partial charge in [-0.2, -0.15) is 0 Å². The number of rotatable bonds is 4. The average molecular weight is 497 g/mol. The molecule has 2 heterocycles. The molecule has 1 aliphatic heterocycles. The quantitative estimate of drug-likeness (QED) is 0.437. The van der Waals surface area contributed by atoms with E-state index in [2.05, 4.69) is 26.2 Å². The van der Waals surface area contributed by atoms with Crippen LogP contribution in [0.3, 0.4) is 0 Å². The van der Waals surface area contributed by atoms with Gasteiger partial charge in [0.2, 0.25) is 0 Å². The molecule has 1 aromatic heterocycles. The fraction of sp³-hybridized carbons (Fsp3) is 0.0870. The highest BCUT2D eigenvalue weighted by Gasteiger charge is 2.24. The van der Waals surface area contributed by atoms with Gasteiger partial charge in [-0.15, -0.1) is 0 Å². The molecule has 3 aromatic rings. The second-order valence-electron chi connectivity index (χ2n) is 6.93. The van der Waals surface area contributed by atoms with Crippen LogP contribution in [0.5, 0.6) is 0 Å². The van der Waals surface area contributed by atoms with E-state index in [4.69, 9.17) is 4.42 Å². The third kappa shape index (κ3) is 4.50. The highest BCUT2D eigenvalue weighted by atomic mass is 79.9. The second kappa shape index (κ2) is 8.56. The van der Waals surface area contributed by atoms with Gasteiger partial charge < -0.3 is 14.8 Å². The number of amidine groups is 1. The SMILES string of the molecule is Cc1cc(N=C2NC(=O)/C(=C/c3ccc(-c4ccccc4C(=O)O)o3)S2)cc(C)c1Br. The molecule has 0 aliphatic carbocycles. The molecular weight excluding hydrogens is 480 g/mol. The van der Waals surface area contributed by atoms with Gasteiger partial charge in [-0.05, 0) is 67.1 Å². The van der Waals surface area contributed by atoms with Crippen molar-refractivity contribution in [1.82, 2.24) is 5.32 Å². The molecule has 0 atom stereocenters. The van der Waals surface area contributed by atoms with Crippen molar-refractivity contribution in [3.05, 3.63) is 80.4 Å². The van der Waals surface area contributed by atoms with E-state index in [0.29, 0.717) is 27.2 Å². The molecule has 2 aromatic carbocycles. The summed E-state index contributed by atoms with van der Waals surface area (Å²) in [5.41, 5.74) is 3.51. The summed E-state index contributed by atoms with van der Waals surface area (Å²) in [4.78, 5) is 28.8. The Morgan fingerprint density at radius 1 is 1.16 bits per heavy atom. The maximum absolute atomic E-state index is 12.4. The van der Waals surface area contributed by atoms with Crippen molar-refractivity contribution in [2.75, 3.05) is 0 Å². The second-order valence-corrected chi connectivity index (χ2v) is 8.75. The van der Waals surface area contributed by atoms with Crippen LogP contribution in [0.4, 0.5) is 5.69 Å². The molecule has 0 spiro atoms. The first kappa shape index (κ1) is 21.1. The summed E-state index contributed by atoms with van der Waals surface area (Å²) in [6.45, 7) is 3.98. The maximum Gasteiger partial charge on any atom is 0.336 e. The number of carboxylic acid groups (broad SMARTS) is 1. The Kier molecular flexibility index (Phi) is 5.84. The van der Waals surface area contributed by atoms with E-state index < -0.39 is 5.97 Å². The average Bonchev–Trinajstić information content (AvgIpc) is 3.33. The number of hydrogen-bond donors (Lipinski definition) is 2. The van der Waals surface area contributed by atoms with Gasteiger partial charge in [-0.1, -0.05) is 34.1 Å². The van der Waals surface area contributed by atoms with Crippen molar-refractivity contribution in [3.63, 3.8) is 0 Å². The third-order valence-electron chi connectivity index (χ3n) is 4.63. The van der Waals surface area contributed by atoms with E-state index in [1.54, 1.807) is 36.4 Å². The van der Waals surface area contributed by atoms with Crippen molar-refractivity contribution in [1.29, 1.82) is 0 Å². The fourth-order valence-corrected chi connectivity index (χ4v) is 4.23. The summed E-state index contributed by atoms with van der Waals surface area (Å²) >= 11 is 4.76. The number of hydrogen-bond acceptors (Lipinski definition) is 5. The molecule has 1 fully saturated rings. The topological polar surface area (TPSA) is 91.9 Å². The highest BCUT2D eigenvalue weighted by Crippen LogP contribution is 2.32. The third-order valence-corrected chi connectivity index (χ3v) is 6.79. The van der Waals surface area contributed by atoms with Crippen molar-refractivity contribution in [3.8, 4) is 11.3 Å². The first-order chi connectivity index (χ1) is 14.8. The number of benzene rings is 2. The van der Waals surface area contributed by atoms with Crippen LogP contribution >= 0.6 is 27.7 Å². The Labute approximate surface area is 191 Å². The maximum atomic E-state index is 12.4. The minimum absolute atomic E-state index is 0.151. The largest absolute Gasteiger partial charge is 0.478 e. The molecule has 4 rings (SSSR count). The molecule has 31 heavy (non-hydrogen) atoms. The van der Waals surface area contributed by atoms with Crippen LogP contribution in [0, 0.1) is 13.8 Å². The molecule has 0 radical (unpaired) electrons. The molecule has 1 amide bonds. The zero-order chi connectivity index (χ0) is 22.1. The molecule has 1 saturated heterocycles. The Balaban J connectivity index is 1.59. The highest BCUT2D eigenvalue weighted by molar-refractivity contribution is 9.10. The molecule has 2 N–H and O–H groups in total. The van der Waals surface area contributed by atoms with E-state index in [1.807, 2.05) is 26.0 Å². The predicted molar refractivity (Wildman–Crippen MR) is 126 cm³/mol. The Hall–Kier alpha value is -3.10. The number of carbonyl (C=O) groups is 2. The zero-order valence-electron chi connectivity index (χ0n) is 16.6. The Bertz CT molecular complexity index is 1250. The number of carboxylic acids is 1. The van der Waals surface area contributed by atoms with Gasteiger partial charge >= 0.3 is 5.97 Å². The number of furan rings is 1. The summed E-state index contributed by atoms with van der Waals surface area (Å²) in [6, 6.07) is 13.9. The van der Waals surface area contributed by atoms with E-state index in [-0.39, 0.29) is 11.5 Å². The molecule has 8 heteroatoms. The summed E-state index contributed by atoms with van der Waals surface area (Å²) in [6.07, 6.45) is 1.62. The van der Waals surface area contributed by atoms with E-state index in [9.17, 15) is 14.7 Å². The van der Waals surface area contributed by atoms with Gasteiger partial charge in [0.1, 0.15) is 11.5 Å². The number of halogens is 1. The molecular formula is C23H17BrN2O4S. The normalized spacial score (nSPS) is 16.2. The minimum Gasteiger partial charge on any atom is -0.478 e. The first-order valence-corrected chi connectivity index (χ1v) is 10.9. The number of aromatic carboxylic acids is 1. The van der Waals surface area contributed by atoms with Crippen LogP contribution in [0.15, 0.2) is 67.3 Å². The lowest BCUT2D eigenvalue weighted by Gasteiger charge is -2.04. The lowest BCUT2D eigenvalue weighted by atomic mass is 10.1. The van der Waals surface area contributed by atoms with Gasteiger partial charge in [0.05, 0.1) is 16.2 Å². The van der Waals surface area contributed by atoms with Crippen LogP contribution in [0.25, 0.3) is 17.4 Å². The summed E-state index contributed by atoms with van der Waals surface area (Å²) in [7, 11) is 0. The van der Waals surface area contributed by atoms with E-state index >= 15 is 0 Å². The van der Waals surface area contributed by atoms with Crippen molar-refractivity contribution in [2.24, 2.45) is 4.99 Å². The van der Waals surface area contributed by atoms with Gasteiger partial charge in [0.25, 0.3) is 5.91 Å². The molecule has 0 bridgehead atoms. The van der Waals surface area contributed by atoms with Gasteiger partial charge in [0.15, 0.2) is 5.17 Å². The fourth-order valence-electron chi connectivity index (χ4n) is 3.17. The zero-order valence-corrected chi connectivity index (χ0v) is 19.0. The summed E-state index contributed by atoms with van der Waals surface area (Å²) < 4.78 is 6.83. The van der Waals surface area contributed by atoms with Crippen molar-refractivity contribution in [2.45, 2.75) is 13.8 Å². The van der Waals surface area contributed by atoms with Crippen LogP contribution in [0.1, 0.15) is 27.2 Å². The number of nitrogens with one attached hydrogen (secondary N) is 1. The van der Waals surface area contributed by atoms with Crippen LogP contribution in [0.2, 0.25) is 0 Å². The molecule has 0 saturated carbocycles.